The average molecular weight is 512 g/mol. The summed E-state index contributed by atoms with van der Waals surface area (Å²) in [5.41, 5.74) is 1.89. The summed E-state index contributed by atoms with van der Waals surface area (Å²) in [6.07, 6.45) is 0. The van der Waals surface area contributed by atoms with Crippen LogP contribution in [-0.4, -0.2) is 36.8 Å². The molecule has 0 aliphatic rings. The van der Waals surface area contributed by atoms with Crippen LogP contribution in [0.4, 0.5) is 5.69 Å². The summed E-state index contributed by atoms with van der Waals surface area (Å²) in [6, 6.07) is 15.2. The minimum atomic E-state index is -0.383. The zero-order valence-corrected chi connectivity index (χ0v) is 20.8. The average Bonchev–Trinajstić information content (AvgIpc) is 2.86. The topological polar surface area (TPSA) is 94.6 Å². The SMILES string of the molecule is COc1cc(NC(=O)c2ccc3c(=O)n(Cc4ccc(Cl)cc4)c(=S)[nH]c3c2)cc(OC)c1OC. The molecule has 4 rings (SSSR count). The molecule has 1 amide bonds. The number of carbonyl (C=O) groups excluding carboxylic acids is 1. The Balaban J connectivity index is 1.65. The number of anilines is 1. The number of nitrogens with one attached hydrogen (secondary N) is 2. The van der Waals surface area contributed by atoms with Crippen molar-refractivity contribution in [3.05, 3.63) is 85.9 Å². The lowest BCUT2D eigenvalue weighted by atomic mass is 10.1. The lowest BCUT2D eigenvalue weighted by Gasteiger charge is -2.15. The first kappa shape index (κ1) is 24.3. The molecular weight excluding hydrogens is 490 g/mol. The lowest BCUT2D eigenvalue weighted by molar-refractivity contribution is 0.102. The molecule has 2 N–H and O–H groups in total. The molecule has 180 valence electrons. The second kappa shape index (κ2) is 10.2. The van der Waals surface area contributed by atoms with Crippen molar-refractivity contribution in [2.45, 2.75) is 6.54 Å². The van der Waals surface area contributed by atoms with Crippen molar-refractivity contribution in [3.8, 4) is 17.2 Å². The van der Waals surface area contributed by atoms with E-state index in [4.69, 9.17) is 38.0 Å². The maximum Gasteiger partial charge on any atom is 0.262 e. The molecule has 8 nitrogen and oxygen atoms in total. The lowest BCUT2D eigenvalue weighted by Crippen LogP contribution is -2.23. The number of rotatable bonds is 7. The van der Waals surface area contributed by atoms with Crippen LogP contribution in [0.25, 0.3) is 10.9 Å². The van der Waals surface area contributed by atoms with Gasteiger partial charge in [-0.25, -0.2) is 0 Å². The van der Waals surface area contributed by atoms with Crippen LogP contribution in [0.5, 0.6) is 17.2 Å². The van der Waals surface area contributed by atoms with Crippen molar-refractivity contribution < 1.29 is 19.0 Å². The molecule has 0 unspecified atom stereocenters. The number of ether oxygens (including phenoxy) is 3. The highest BCUT2D eigenvalue weighted by Gasteiger charge is 2.16. The number of H-pyrrole nitrogens is 1. The van der Waals surface area contributed by atoms with Gasteiger partial charge in [-0.1, -0.05) is 23.7 Å². The first-order valence-corrected chi connectivity index (χ1v) is 11.3. The van der Waals surface area contributed by atoms with E-state index in [-0.39, 0.29) is 16.2 Å². The van der Waals surface area contributed by atoms with Crippen molar-refractivity contribution in [2.75, 3.05) is 26.6 Å². The Hall–Kier alpha value is -3.82. The summed E-state index contributed by atoms with van der Waals surface area (Å²) >= 11 is 11.4. The van der Waals surface area contributed by atoms with Crippen LogP contribution in [0.2, 0.25) is 5.02 Å². The van der Waals surface area contributed by atoms with Gasteiger partial charge in [0.25, 0.3) is 11.5 Å². The number of aromatic nitrogens is 2. The summed E-state index contributed by atoms with van der Waals surface area (Å²) < 4.78 is 17.7. The molecule has 4 aromatic rings. The van der Waals surface area contributed by atoms with Gasteiger partial charge in [0.2, 0.25) is 5.75 Å². The van der Waals surface area contributed by atoms with E-state index in [0.29, 0.717) is 51.0 Å². The predicted octanol–water partition coefficient (Wildman–Crippen LogP) is 5.04. The summed E-state index contributed by atoms with van der Waals surface area (Å²) in [6.45, 7) is 0.296. The van der Waals surface area contributed by atoms with E-state index in [2.05, 4.69) is 10.3 Å². The first-order chi connectivity index (χ1) is 16.8. The molecule has 0 bridgehead atoms. The maximum atomic E-state index is 13.1. The van der Waals surface area contributed by atoms with E-state index in [1.807, 2.05) is 12.1 Å². The molecule has 1 heterocycles. The molecule has 0 atom stereocenters. The van der Waals surface area contributed by atoms with Gasteiger partial charge >= 0.3 is 0 Å². The van der Waals surface area contributed by atoms with Gasteiger partial charge in [0.15, 0.2) is 16.3 Å². The fraction of sp³-hybridized carbons (Fsp3) is 0.160. The van der Waals surface area contributed by atoms with E-state index >= 15 is 0 Å². The van der Waals surface area contributed by atoms with E-state index < -0.39 is 0 Å². The second-order valence-electron chi connectivity index (χ2n) is 7.58. The normalized spacial score (nSPS) is 10.7. The molecule has 0 fully saturated rings. The Morgan fingerprint density at radius 3 is 2.26 bits per heavy atom. The Morgan fingerprint density at radius 1 is 1.00 bits per heavy atom. The fourth-order valence-electron chi connectivity index (χ4n) is 3.67. The highest BCUT2D eigenvalue weighted by atomic mass is 35.5. The number of benzene rings is 3. The highest BCUT2D eigenvalue weighted by Crippen LogP contribution is 2.40. The van der Waals surface area contributed by atoms with Crippen LogP contribution in [-0.2, 0) is 6.54 Å². The van der Waals surface area contributed by atoms with Gasteiger partial charge in [0.1, 0.15) is 0 Å². The zero-order chi connectivity index (χ0) is 25.1. The molecule has 1 aromatic heterocycles. The van der Waals surface area contributed by atoms with Gasteiger partial charge in [-0.3, -0.25) is 14.2 Å². The molecule has 0 radical (unpaired) electrons. The second-order valence-corrected chi connectivity index (χ2v) is 8.40. The van der Waals surface area contributed by atoms with Gasteiger partial charge in [0.05, 0.1) is 38.8 Å². The van der Waals surface area contributed by atoms with E-state index in [0.717, 1.165) is 5.56 Å². The fourth-order valence-corrected chi connectivity index (χ4v) is 4.05. The highest BCUT2D eigenvalue weighted by molar-refractivity contribution is 7.71. The van der Waals surface area contributed by atoms with Gasteiger partial charge < -0.3 is 24.5 Å². The Bertz CT molecular complexity index is 1500. The molecule has 10 heteroatoms. The van der Waals surface area contributed by atoms with Crippen molar-refractivity contribution >= 4 is 46.3 Å². The Kier molecular flexibility index (Phi) is 7.09. The molecule has 3 aromatic carbocycles. The van der Waals surface area contributed by atoms with E-state index in [1.54, 1.807) is 42.5 Å². The number of halogens is 1. The minimum Gasteiger partial charge on any atom is -0.493 e. The van der Waals surface area contributed by atoms with Gasteiger partial charge in [-0.2, -0.15) is 0 Å². The number of fused-ring (bicyclic) bond motifs is 1. The van der Waals surface area contributed by atoms with Gasteiger partial charge in [0, 0.05) is 28.4 Å². The number of aromatic amines is 1. The number of amides is 1. The molecule has 0 spiro atoms. The quantitative estimate of drug-likeness (QED) is 0.338. The maximum absolute atomic E-state index is 13.1. The number of hydrogen-bond donors (Lipinski definition) is 2. The van der Waals surface area contributed by atoms with Crippen LogP contribution >= 0.6 is 23.8 Å². The molecular formula is C25H22ClN3O5S. The van der Waals surface area contributed by atoms with E-state index in [9.17, 15) is 9.59 Å². The van der Waals surface area contributed by atoms with Crippen molar-refractivity contribution in [1.29, 1.82) is 0 Å². The molecule has 0 saturated heterocycles. The number of methoxy groups -OCH3 is 3. The van der Waals surface area contributed by atoms with Crippen LogP contribution < -0.4 is 25.1 Å². The monoisotopic (exact) mass is 511 g/mol. The van der Waals surface area contributed by atoms with Crippen molar-refractivity contribution in [3.63, 3.8) is 0 Å². The van der Waals surface area contributed by atoms with Gasteiger partial charge in [-0.15, -0.1) is 0 Å². The smallest absolute Gasteiger partial charge is 0.262 e. The molecule has 35 heavy (non-hydrogen) atoms. The van der Waals surface area contributed by atoms with Crippen LogP contribution in [0, 0.1) is 4.77 Å². The van der Waals surface area contributed by atoms with Crippen molar-refractivity contribution in [2.24, 2.45) is 0 Å². The predicted molar refractivity (Wildman–Crippen MR) is 138 cm³/mol. The first-order valence-electron chi connectivity index (χ1n) is 10.5. The molecule has 0 saturated carbocycles. The van der Waals surface area contributed by atoms with Crippen LogP contribution in [0.15, 0.2) is 59.4 Å². The zero-order valence-electron chi connectivity index (χ0n) is 19.2. The number of nitrogens with zero attached hydrogens (tertiary/aromatic N) is 1. The van der Waals surface area contributed by atoms with E-state index in [1.165, 1.54) is 25.9 Å². The number of hydrogen-bond acceptors (Lipinski definition) is 6. The Morgan fingerprint density at radius 2 is 1.66 bits per heavy atom. The summed E-state index contributed by atoms with van der Waals surface area (Å²) in [5, 5.41) is 3.84. The standard InChI is InChI=1S/C25H22ClN3O5S/c1-32-20-11-17(12-21(33-2)22(20)34-3)27-23(30)15-6-9-18-19(10-15)28-25(35)29(24(18)31)13-14-4-7-16(26)8-5-14/h4-12H,13H2,1-3H3,(H,27,30)(H,28,35). The minimum absolute atomic E-state index is 0.250. The van der Waals surface area contributed by atoms with Crippen molar-refractivity contribution in [1.82, 2.24) is 9.55 Å². The summed E-state index contributed by atoms with van der Waals surface area (Å²) in [4.78, 5) is 29.1. The summed E-state index contributed by atoms with van der Waals surface area (Å²) in [7, 11) is 4.49. The molecule has 0 aliphatic carbocycles. The summed E-state index contributed by atoms with van der Waals surface area (Å²) in [5.74, 6) is 0.851. The van der Waals surface area contributed by atoms with Gasteiger partial charge in [-0.05, 0) is 48.1 Å². The third kappa shape index (κ3) is 5.01. The third-order valence-corrected chi connectivity index (χ3v) is 6.00. The molecule has 0 aliphatic heterocycles. The largest absolute Gasteiger partial charge is 0.493 e. The third-order valence-electron chi connectivity index (χ3n) is 5.42. The Labute approximate surface area is 211 Å². The van der Waals surface area contributed by atoms with Crippen LogP contribution in [0.1, 0.15) is 15.9 Å². The number of carbonyl (C=O) groups is 1. The van der Waals surface area contributed by atoms with Crippen LogP contribution in [0.3, 0.4) is 0 Å².